The van der Waals surface area contributed by atoms with Crippen LogP contribution in [0.15, 0.2) is 41.2 Å². The number of nitrogens with one attached hydrogen (secondary N) is 1. The summed E-state index contributed by atoms with van der Waals surface area (Å²) < 4.78 is 1.86. The Balaban J connectivity index is 1.31. The van der Waals surface area contributed by atoms with E-state index in [1.807, 2.05) is 22.8 Å². The fourth-order valence-corrected chi connectivity index (χ4v) is 6.84. The molecular weight excluding hydrogens is 462 g/mol. The minimum absolute atomic E-state index is 0.00809. The fourth-order valence-electron chi connectivity index (χ4n) is 6.84. The molecule has 36 heavy (non-hydrogen) atoms. The van der Waals surface area contributed by atoms with Gasteiger partial charge >= 0.3 is 0 Å². The van der Waals surface area contributed by atoms with Gasteiger partial charge in [0.1, 0.15) is 0 Å². The molecule has 10 heteroatoms. The normalized spacial score (nSPS) is 26.2. The van der Waals surface area contributed by atoms with Gasteiger partial charge in [-0.25, -0.2) is 0 Å². The maximum Gasteiger partial charge on any atom is 0.250 e. The third-order valence-corrected chi connectivity index (χ3v) is 8.40. The molecule has 190 valence electrons. The van der Waals surface area contributed by atoms with Crippen LogP contribution in [0.3, 0.4) is 0 Å². The smallest absolute Gasteiger partial charge is 0.250 e. The number of likely N-dealkylation sites (tertiary alicyclic amines) is 1. The van der Waals surface area contributed by atoms with Gasteiger partial charge in [0, 0.05) is 68.6 Å². The van der Waals surface area contributed by atoms with Gasteiger partial charge in [0.05, 0.1) is 11.6 Å². The highest BCUT2D eigenvalue weighted by atomic mass is 16.8. The van der Waals surface area contributed by atoms with Crippen molar-refractivity contribution in [2.75, 3.05) is 36.3 Å². The van der Waals surface area contributed by atoms with E-state index < -0.39 is 0 Å². The second-order valence-corrected chi connectivity index (χ2v) is 10.4. The molecule has 6 rings (SSSR count). The van der Waals surface area contributed by atoms with Crippen molar-refractivity contribution >= 4 is 23.2 Å². The number of hydrogen-bond acceptors (Lipinski definition) is 7. The third kappa shape index (κ3) is 3.84. The molecule has 0 saturated carbocycles. The first-order valence-corrected chi connectivity index (χ1v) is 12.7. The first kappa shape index (κ1) is 23.1. The number of hydrogen-bond donors (Lipinski definition) is 2. The quantitative estimate of drug-likeness (QED) is 0.606. The Hall–Kier alpha value is -3.37. The maximum atomic E-state index is 13.6. The highest BCUT2D eigenvalue weighted by molar-refractivity contribution is 5.83. The summed E-state index contributed by atoms with van der Waals surface area (Å²) in [7, 11) is 0. The fraction of sp³-hybridized carbons (Fsp3) is 0.500. The zero-order chi connectivity index (χ0) is 25.0. The van der Waals surface area contributed by atoms with Crippen LogP contribution in [0.2, 0.25) is 0 Å². The van der Waals surface area contributed by atoms with Gasteiger partial charge in [-0.1, -0.05) is 6.07 Å². The van der Waals surface area contributed by atoms with Crippen LogP contribution >= 0.6 is 0 Å². The van der Waals surface area contributed by atoms with Crippen molar-refractivity contribution in [3.8, 4) is 0 Å². The van der Waals surface area contributed by atoms with Crippen LogP contribution in [0.25, 0.3) is 0 Å². The molecule has 0 radical (unpaired) electrons. The highest BCUT2D eigenvalue weighted by Crippen LogP contribution is 2.47. The van der Waals surface area contributed by atoms with Crippen molar-refractivity contribution in [3.63, 3.8) is 0 Å². The monoisotopic (exact) mass is 492 g/mol. The van der Waals surface area contributed by atoms with Crippen LogP contribution in [-0.2, 0) is 22.6 Å². The van der Waals surface area contributed by atoms with E-state index in [2.05, 4.69) is 10.2 Å². The Morgan fingerprint density at radius 2 is 2.06 bits per heavy atom. The zero-order valence-corrected chi connectivity index (χ0v) is 20.0. The number of fused-ring (bicyclic) bond motifs is 8. The Bertz CT molecular complexity index is 1260. The van der Waals surface area contributed by atoms with E-state index in [0.717, 1.165) is 36.3 Å². The van der Waals surface area contributed by atoms with E-state index in [1.54, 1.807) is 23.1 Å². The lowest BCUT2D eigenvalue weighted by Crippen LogP contribution is -2.61. The average molecular weight is 493 g/mol. The molecule has 10 nitrogen and oxygen atoms in total. The first-order chi connectivity index (χ1) is 17.4. The number of rotatable bonds is 5. The van der Waals surface area contributed by atoms with Crippen molar-refractivity contribution < 1.29 is 14.8 Å². The standard InChI is InChI=1S/C26H30N5O5/c32-23-5-2-9-28(23)10-8-27-26(34)20-13-16-12-19(31(35)36)6-7-22(16)30-14-17-11-18(25(20)30)15-29-21(17)3-1-4-24(29)33/h1,3-4,6-7,12,17-18,20,25,35H,2,5,8-11,13-15H2,(H,27,34)/q-1. The second-order valence-electron chi connectivity index (χ2n) is 10.4. The van der Waals surface area contributed by atoms with Crippen LogP contribution in [0, 0.1) is 17.0 Å². The van der Waals surface area contributed by atoms with E-state index >= 15 is 0 Å². The lowest BCUT2D eigenvalue weighted by atomic mass is 9.70. The molecule has 0 spiro atoms. The van der Waals surface area contributed by atoms with Crippen LogP contribution in [0.1, 0.15) is 36.4 Å². The van der Waals surface area contributed by atoms with Gasteiger partial charge in [0.15, 0.2) is 0 Å². The number of carbonyl (C=O) groups is 2. The molecule has 2 bridgehead atoms. The van der Waals surface area contributed by atoms with Crippen LogP contribution < -0.4 is 21.0 Å². The molecule has 1 aromatic heterocycles. The van der Waals surface area contributed by atoms with Crippen molar-refractivity contribution in [3.05, 3.63) is 63.2 Å². The largest absolute Gasteiger partial charge is 0.733 e. The molecule has 4 unspecified atom stereocenters. The summed E-state index contributed by atoms with van der Waals surface area (Å²) in [6, 6.07) is 10.4. The van der Waals surface area contributed by atoms with Crippen LogP contribution in [-0.4, -0.2) is 58.7 Å². The number of carbonyl (C=O) groups excluding carboxylic acids is 2. The van der Waals surface area contributed by atoms with Crippen molar-refractivity contribution in [2.24, 2.45) is 11.8 Å². The van der Waals surface area contributed by atoms with E-state index in [-0.39, 0.29) is 52.1 Å². The molecule has 2 amide bonds. The molecular formula is C26H30N5O5-. The van der Waals surface area contributed by atoms with Crippen molar-refractivity contribution in [2.45, 2.75) is 44.2 Å². The molecule has 2 N–H and O–H groups in total. The summed E-state index contributed by atoms with van der Waals surface area (Å²) in [6.07, 6.45) is 2.77. The summed E-state index contributed by atoms with van der Waals surface area (Å²) in [5.41, 5.74) is 2.97. The number of amides is 2. The highest BCUT2D eigenvalue weighted by Gasteiger charge is 2.49. The maximum absolute atomic E-state index is 13.6. The van der Waals surface area contributed by atoms with Crippen molar-refractivity contribution in [1.29, 1.82) is 0 Å². The molecule has 0 aliphatic carbocycles. The van der Waals surface area contributed by atoms with Gasteiger partial charge < -0.3 is 30.1 Å². The second kappa shape index (κ2) is 8.94. The van der Waals surface area contributed by atoms with Crippen LogP contribution in [0.5, 0.6) is 0 Å². The minimum Gasteiger partial charge on any atom is -0.733 e. The molecule has 4 atom stereocenters. The Kier molecular flexibility index (Phi) is 5.72. The lowest BCUT2D eigenvalue weighted by molar-refractivity contribution is -0.129. The molecule has 2 fully saturated rings. The van der Waals surface area contributed by atoms with Gasteiger partial charge in [-0.05, 0) is 55.0 Å². The van der Waals surface area contributed by atoms with Gasteiger partial charge in [-0.3, -0.25) is 19.6 Å². The number of aromatic nitrogens is 1. The topological polar surface area (TPSA) is 121 Å². The Morgan fingerprint density at radius 1 is 1.19 bits per heavy atom. The third-order valence-electron chi connectivity index (χ3n) is 8.40. The van der Waals surface area contributed by atoms with Gasteiger partial charge in [0.2, 0.25) is 11.8 Å². The Labute approximate surface area is 208 Å². The van der Waals surface area contributed by atoms with Gasteiger partial charge in [-0.2, -0.15) is 0 Å². The number of benzene rings is 1. The molecule has 1 aromatic carbocycles. The first-order valence-electron chi connectivity index (χ1n) is 12.7. The SMILES string of the molecule is O=C(NCCN1CCCC1=O)C1Cc2cc(N([O-])O)ccc2N2CC3CC(Cn4c3cccc4=O)C12. The predicted octanol–water partition coefficient (Wildman–Crippen LogP) is 1.44. The van der Waals surface area contributed by atoms with Crippen LogP contribution in [0.4, 0.5) is 11.4 Å². The summed E-state index contributed by atoms with van der Waals surface area (Å²) >= 11 is 0. The summed E-state index contributed by atoms with van der Waals surface area (Å²) in [5.74, 6) is -0.0503. The van der Waals surface area contributed by atoms with Gasteiger partial charge in [-0.15, -0.1) is 0 Å². The molecule has 5 heterocycles. The van der Waals surface area contributed by atoms with E-state index in [0.29, 0.717) is 39.0 Å². The summed E-state index contributed by atoms with van der Waals surface area (Å²) in [6.45, 7) is 2.85. The number of pyridine rings is 1. The summed E-state index contributed by atoms with van der Waals surface area (Å²) in [4.78, 5) is 42.2. The number of anilines is 2. The average Bonchev–Trinajstić information content (AvgIpc) is 3.28. The zero-order valence-electron chi connectivity index (χ0n) is 20.0. The summed E-state index contributed by atoms with van der Waals surface area (Å²) in [5, 5.41) is 23.9. The predicted molar refractivity (Wildman–Crippen MR) is 133 cm³/mol. The molecule has 2 saturated heterocycles. The lowest BCUT2D eigenvalue weighted by Gasteiger charge is -2.54. The molecule has 4 aliphatic rings. The van der Waals surface area contributed by atoms with E-state index in [4.69, 9.17) is 0 Å². The van der Waals surface area contributed by atoms with E-state index in [9.17, 15) is 24.8 Å². The van der Waals surface area contributed by atoms with Gasteiger partial charge in [0.25, 0.3) is 5.56 Å². The van der Waals surface area contributed by atoms with E-state index in [1.165, 1.54) is 0 Å². The number of piperidine rings is 1. The molecule has 4 aliphatic heterocycles. The minimum atomic E-state index is -0.382. The number of nitrogens with zero attached hydrogens (tertiary/aromatic N) is 4. The Morgan fingerprint density at radius 3 is 2.83 bits per heavy atom. The van der Waals surface area contributed by atoms with Crippen molar-refractivity contribution in [1.82, 2.24) is 14.8 Å². The molecule has 2 aromatic rings.